The summed E-state index contributed by atoms with van der Waals surface area (Å²) in [5.74, 6) is 1.11. The van der Waals surface area contributed by atoms with Crippen molar-refractivity contribution in [2.45, 2.75) is 11.8 Å². The van der Waals surface area contributed by atoms with E-state index in [0.717, 1.165) is 18.8 Å². The molecule has 0 atom stereocenters. The Morgan fingerprint density at radius 1 is 0.793 bits per heavy atom. The standard InChI is InChI=1S/C23H26NPS.2ClH.Ru/c1-20-12-14-23(15-13-20)26-19-17-24-16-18-25(21-8-4-2-5-9-21)22-10-6-3-7-11-22;;;/h2-15,24H,16-19H2,1H3;2*1H;/q;;;+2/p-2. The summed E-state index contributed by atoms with van der Waals surface area (Å²) in [7, 11) is 9.42. The second-order valence-electron chi connectivity index (χ2n) is 6.28. The number of benzene rings is 3. The summed E-state index contributed by atoms with van der Waals surface area (Å²) in [6.07, 6.45) is 1.18. The Kier molecular flexibility index (Phi) is 13.2. The molecule has 29 heavy (non-hydrogen) atoms. The molecule has 0 aliphatic carbocycles. The van der Waals surface area contributed by atoms with Crippen LogP contribution in [0.2, 0.25) is 0 Å². The Bertz CT molecular complexity index is 751. The predicted octanol–water partition coefficient (Wildman–Crippen LogP) is 6.19. The quantitative estimate of drug-likeness (QED) is 0.148. The van der Waals surface area contributed by atoms with Crippen LogP contribution in [-0.4, -0.2) is 25.0 Å². The van der Waals surface area contributed by atoms with Crippen LogP contribution in [0.15, 0.2) is 89.8 Å². The van der Waals surface area contributed by atoms with Gasteiger partial charge in [-0.3, -0.25) is 0 Å². The molecule has 0 saturated carbocycles. The first-order chi connectivity index (χ1) is 14.2. The zero-order chi connectivity index (χ0) is 20.7. The molecule has 0 bridgehead atoms. The number of rotatable bonds is 9. The van der Waals surface area contributed by atoms with Crippen molar-refractivity contribution in [1.29, 1.82) is 0 Å². The summed E-state index contributed by atoms with van der Waals surface area (Å²) < 4.78 is 0. The molecule has 0 heterocycles. The molecule has 3 aromatic rings. The maximum atomic E-state index is 4.85. The van der Waals surface area contributed by atoms with Crippen molar-refractivity contribution in [3.63, 3.8) is 0 Å². The molecule has 0 spiro atoms. The van der Waals surface area contributed by atoms with E-state index >= 15 is 0 Å². The third-order valence-electron chi connectivity index (χ3n) is 4.22. The van der Waals surface area contributed by atoms with Gasteiger partial charge in [-0.15, -0.1) is 11.8 Å². The summed E-state index contributed by atoms with van der Waals surface area (Å²) in [6.45, 7) is 4.24. The van der Waals surface area contributed by atoms with Gasteiger partial charge in [-0.05, 0) is 50.3 Å². The average molecular weight is 551 g/mol. The Morgan fingerprint density at radius 3 is 1.83 bits per heavy atom. The molecular weight excluding hydrogens is 525 g/mol. The molecule has 0 fully saturated rings. The topological polar surface area (TPSA) is 12.0 Å². The molecule has 1 nitrogen and oxygen atoms in total. The minimum absolute atomic E-state index is 0.289. The van der Waals surface area contributed by atoms with Crippen LogP contribution in [0.3, 0.4) is 0 Å². The van der Waals surface area contributed by atoms with Gasteiger partial charge in [0.25, 0.3) is 0 Å². The molecule has 0 aromatic heterocycles. The number of halogens is 2. The van der Waals surface area contributed by atoms with Gasteiger partial charge in [-0.2, -0.15) is 0 Å². The molecule has 156 valence electrons. The molecule has 1 N–H and O–H groups in total. The van der Waals surface area contributed by atoms with Gasteiger partial charge in [0.05, 0.1) is 0 Å². The summed E-state index contributed by atoms with van der Waals surface area (Å²) in [5, 5.41) is 6.56. The van der Waals surface area contributed by atoms with Gasteiger partial charge in [0.15, 0.2) is 0 Å². The fourth-order valence-electron chi connectivity index (χ4n) is 2.81. The van der Waals surface area contributed by atoms with Gasteiger partial charge in [-0.25, -0.2) is 0 Å². The van der Waals surface area contributed by atoms with Crippen molar-refractivity contribution in [2.75, 3.05) is 25.0 Å². The Morgan fingerprint density at radius 2 is 1.31 bits per heavy atom. The molecule has 0 aliphatic heterocycles. The van der Waals surface area contributed by atoms with E-state index in [9.17, 15) is 0 Å². The van der Waals surface area contributed by atoms with Crippen LogP contribution in [0.1, 0.15) is 5.56 Å². The van der Waals surface area contributed by atoms with Gasteiger partial charge in [0.1, 0.15) is 0 Å². The summed E-state index contributed by atoms with van der Waals surface area (Å²) in [6, 6.07) is 30.7. The van der Waals surface area contributed by atoms with Crippen molar-refractivity contribution < 1.29 is 15.1 Å². The van der Waals surface area contributed by atoms with Crippen molar-refractivity contribution >= 4 is 49.7 Å². The summed E-state index contributed by atoms with van der Waals surface area (Å²) >= 11 is 1.58. The molecular formula is C23H26Cl2NPRuS. The van der Waals surface area contributed by atoms with E-state index < -0.39 is 0 Å². The van der Waals surface area contributed by atoms with E-state index in [0.29, 0.717) is 0 Å². The van der Waals surface area contributed by atoms with E-state index in [1.807, 2.05) is 11.8 Å². The third-order valence-corrected chi connectivity index (χ3v) is 7.74. The number of aryl methyl sites for hydroxylation is 1. The van der Waals surface area contributed by atoms with E-state index in [-0.39, 0.29) is 23.1 Å². The monoisotopic (exact) mass is 551 g/mol. The summed E-state index contributed by atoms with van der Waals surface area (Å²) in [4.78, 5) is 1.35. The molecule has 0 radical (unpaired) electrons. The fraction of sp³-hybridized carbons (Fsp3) is 0.217. The van der Waals surface area contributed by atoms with Crippen LogP contribution in [0.5, 0.6) is 0 Å². The normalized spacial score (nSPS) is 10.6. The number of hydrogen-bond acceptors (Lipinski definition) is 2. The van der Waals surface area contributed by atoms with Crippen molar-refractivity contribution in [3.8, 4) is 0 Å². The fourth-order valence-corrected chi connectivity index (χ4v) is 5.89. The molecule has 6 heteroatoms. The van der Waals surface area contributed by atoms with E-state index in [1.165, 1.54) is 27.2 Å². The van der Waals surface area contributed by atoms with Gasteiger partial charge in [0.2, 0.25) is 0 Å². The van der Waals surface area contributed by atoms with Gasteiger partial charge in [0, 0.05) is 17.2 Å². The molecule has 0 amide bonds. The van der Waals surface area contributed by atoms with Gasteiger partial charge in [-0.1, -0.05) is 78.4 Å². The Hall–Kier alpha value is -0.397. The van der Waals surface area contributed by atoms with Crippen LogP contribution in [-0.2, 0) is 15.1 Å². The van der Waals surface area contributed by atoms with Crippen LogP contribution >= 0.6 is 39.1 Å². The van der Waals surface area contributed by atoms with E-state index in [1.54, 1.807) is 0 Å². The van der Waals surface area contributed by atoms with Crippen molar-refractivity contribution in [1.82, 2.24) is 5.32 Å². The van der Waals surface area contributed by atoms with Crippen LogP contribution in [0, 0.1) is 6.92 Å². The zero-order valence-corrected chi connectivity index (χ0v) is 21.3. The SMILES string of the molecule is Cc1ccc(SCCNCCP(c2ccccc2)c2ccccc2)cc1.[Cl][Ru][Cl]. The summed E-state index contributed by atoms with van der Waals surface area (Å²) in [5.41, 5.74) is 1.32. The molecule has 0 saturated heterocycles. The first kappa shape index (κ1) is 24.9. The average Bonchev–Trinajstić information content (AvgIpc) is 2.76. The van der Waals surface area contributed by atoms with Gasteiger partial charge >= 0.3 is 34.5 Å². The number of nitrogens with one attached hydrogen (secondary N) is 1. The zero-order valence-electron chi connectivity index (χ0n) is 16.4. The van der Waals surface area contributed by atoms with E-state index in [2.05, 4.69) is 97.2 Å². The maximum absolute atomic E-state index is 4.85. The molecule has 0 aliphatic rings. The van der Waals surface area contributed by atoms with E-state index in [4.69, 9.17) is 19.4 Å². The Balaban J connectivity index is 0.000000941. The van der Waals surface area contributed by atoms with Gasteiger partial charge < -0.3 is 5.32 Å². The van der Waals surface area contributed by atoms with Crippen molar-refractivity contribution in [2.24, 2.45) is 0 Å². The molecule has 3 aromatic carbocycles. The predicted molar refractivity (Wildman–Crippen MR) is 130 cm³/mol. The van der Waals surface area contributed by atoms with Crippen LogP contribution in [0.25, 0.3) is 0 Å². The Labute approximate surface area is 196 Å². The molecule has 0 unspecified atom stereocenters. The first-order valence-electron chi connectivity index (χ1n) is 9.37. The first-order valence-corrected chi connectivity index (χ1v) is 16.4. The number of thioether (sulfide) groups is 1. The minimum atomic E-state index is -0.346. The van der Waals surface area contributed by atoms with Crippen LogP contribution < -0.4 is 15.9 Å². The second kappa shape index (κ2) is 15.4. The third kappa shape index (κ3) is 9.97. The van der Waals surface area contributed by atoms with Crippen molar-refractivity contribution in [3.05, 3.63) is 90.5 Å². The second-order valence-corrected chi connectivity index (χ2v) is 12.4. The van der Waals surface area contributed by atoms with Crippen LogP contribution in [0.4, 0.5) is 0 Å². The number of hydrogen-bond donors (Lipinski definition) is 1. The molecule has 3 rings (SSSR count).